The highest BCUT2D eigenvalue weighted by Gasteiger charge is 2.26. The van der Waals surface area contributed by atoms with E-state index in [1.807, 2.05) is 13.0 Å². The average Bonchev–Trinajstić information content (AvgIpc) is 3.01. The lowest BCUT2D eigenvalue weighted by Crippen LogP contribution is -2.39. The van der Waals surface area contributed by atoms with E-state index in [2.05, 4.69) is 27.4 Å². The van der Waals surface area contributed by atoms with Crippen molar-refractivity contribution < 1.29 is 14.2 Å². The minimum absolute atomic E-state index is 0.200. The van der Waals surface area contributed by atoms with E-state index in [-0.39, 0.29) is 6.04 Å². The highest BCUT2D eigenvalue weighted by molar-refractivity contribution is 7.09. The lowest BCUT2D eigenvalue weighted by atomic mass is 10.1. The van der Waals surface area contributed by atoms with Crippen molar-refractivity contribution in [2.45, 2.75) is 19.5 Å². The van der Waals surface area contributed by atoms with Gasteiger partial charge in [-0.1, -0.05) is 0 Å². The maximum Gasteiger partial charge on any atom is 0.122 e. The monoisotopic (exact) mass is 334 g/mol. The standard InChI is InChI=1S/C17H22N2O3S/c1-12-18-16(11-23-12)17-10-22-5-4-19(17)9-13-6-14(20-2)8-15(7-13)21-3/h6-8,11,17H,4-5,9-10H2,1-3H3/t17-/m0/s1. The molecule has 1 aromatic heterocycles. The van der Waals surface area contributed by atoms with Gasteiger partial charge in [-0.25, -0.2) is 4.98 Å². The van der Waals surface area contributed by atoms with Crippen LogP contribution in [-0.4, -0.2) is 43.9 Å². The summed E-state index contributed by atoms with van der Waals surface area (Å²) in [6.45, 7) is 5.18. The lowest BCUT2D eigenvalue weighted by molar-refractivity contribution is -0.0141. The molecule has 0 spiro atoms. The molecule has 1 aromatic carbocycles. The second-order valence-electron chi connectivity index (χ2n) is 5.57. The molecular weight excluding hydrogens is 312 g/mol. The van der Waals surface area contributed by atoms with E-state index >= 15 is 0 Å². The summed E-state index contributed by atoms with van der Waals surface area (Å²) in [6.07, 6.45) is 0. The summed E-state index contributed by atoms with van der Waals surface area (Å²) in [6, 6.07) is 6.21. The second-order valence-corrected chi connectivity index (χ2v) is 6.64. The van der Waals surface area contributed by atoms with Crippen LogP contribution in [-0.2, 0) is 11.3 Å². The molecule has 0 unspecified atom stereocenters. The van der Waals surface area contributed by atoms with Gasteiger partial charge in [0, 0.05) is 24.5 Å². The SMILES string of the molecule is COc1cc(CN2CCOC[C@H]2c2csc(C)n2)cc(OC)c1. The van der Waals surface area contributed by atoms with E-state index < -0.39 is 0 Å². The topological polar surface area (TPSA) is 43.8 Å². The molecule has 5 nitrogen and oxygen atoms in total. The van der Waals surface area contributed by atoms with Crippen LogP contribution < -0.4 is 9.47 Å². The van der Waals surface area contributed by atoms with Crippen LogP contribution in [0.1, 0.15) is 22.3 Å². The van der Waals surface area contributed by atoms with Gasteiger partial charge in [-0.05, 0) is 24.6 Å². The Morgan fingerprint density at radius 1 is 1.26 bits per heavy atom. The number of methoxy groups -OCH3 is 2. The first kappa shape index (κ1) is 16.2. The van der Waals surface area contributed by atoms with Gasteiger partial charge in [0.05, 0.1) is 44.2 Å². The number of ether oxygens (including phenoxy) is 3. The number of benzene rings is 1. The summed E-state index contributed by atoms with van der Waals surface area (Å²) in [4.78, 5) is 7.05. The molecule has 1 atom stereocenters. The van der Waals surface area contributed by atoms with Gasteiger partial charge in [-0.2, -0.15) is 0 Å². The predicted molar refractivity (Wildman–Crippen MR) is 90.4 cm³/mol. The summed E-state index contributed by atoms with van der Waals surface area (Å²) >= 11 is 1.69. The Kier molecular flexibility index (Phi) is 5.15. The van der Waals surface area contributed by atoms with Crippen molar-refractivity contribution in [1.82, 2.24) is 9.88 Å². The zero-order valence-electron chi connectivity index (χ0n) is 13.7. The third kappa shape index (κ3) is 3.83. The van der Waals surface area contributed by atoms with Crippen molar-refractivity contribution in [2.75, 3.05) is 34.0 Å². The van der Waals surface area contributed by atoms with Crippen LogP contribution in [0.4, 0.5) is 0 Å². The van der Waals surface area contributed by atoms with Gasteiger partial charge in [0.1, 0.15) is 11.5 Å². The number of aromatic nitrogens is 1. The summed E-state index contributed by atoms with van der Waals surface area (Å²) in [5, 5.41) is 3.22. The van der Waals surface area contributed by atoms with Crippen LogP contribution in [0.5, 0.6) is 11.5 Å². The molecule has 6 heteroatoms. The number of nitrogens with zero attached hydrogens (tertiary/aromatic N) is 2. The Morgan fingerprint density at radius 2 is 2.00 bits per heavy atom. The van der Waals surface area contributed by atoms with Gasteiger partial charge < -0.3 is 14.2 Å². The molecule has 2 heterocycles. The number of thiazole rings is 1. The maximum atomic E-state index is 5.68. The largest absolute Gasteiger partial charge is 0.497 e. The van der Waals surface area contributed by atoms with Crippen molar-refractivity contribution in [3.05, 3.63) is 39.8 Å². The number of hydrogen-bond acceptors (Lipinski definition) is 6. The number of morpholine rings is 1. The van der Waals surface area contributed by atoms with Gasteiger partial charge in [-0.15, -0.1) is 11.3 Å². The quantitative estimate of drug-likeness (QED) is 0.841. The Morgan fingerprint density at radius 3 is 2.61 bits per heavy atom. The molecule has 1 aliphatic heterocycles. The molecule has 0 amide bonds. The normalized spacial score (nSPS) is 18.8. The Bertz CT molecular complexity index is 637. The average molecular weight is 334 g/mol. The molecule has 1 aliphatic rings. The predicted octanol–water partition coefficient (Wildman–Crippen LogP) is 3.04. The molecule has 3 rings (SSSR count). The van der Waals surface area contributed by atoms with Crippen LogP contribution in [0.15, 0.2) is 23.6 Å². The first-order valence-electron chi connectivity index (χ1n) is 7.65. The highest BCUT2D eigenvalue weighted by atomic mass is 32.1. The number of rotatable bonds is 5. The first-order chi connectivity index (χ1) is 11.2. The van der Waals surface area contributed by atoms with Crippen molar-refractivity contribution in [1.29, 1.82) is 0 Å². The third-order valence-corrected chi connectivity index (χ3v) is 4.81. The van der Waals surface area contributed by atoms with Crippen LogP contribution in [0.2, 0.25) is 0 Å². The molecular formula is C17H22N2O3S. The van der Waals surface area contributed by atoms with E-state index in [4.69, 9.17) is 14.2 Å². The third-order valence-electron chi connectivity index (χ3n) is 4.01. The smallest absolute Gasteiger partial charge is 0.122 e. The van der Waals surface area contributed by atoms with E-state index in [1.54, 1.807) is 25.6 Å². The van der Waals surface area contributed by atoms with Crippen molar-refractivity contribution in [3.8, 4) is 11.5 Å². The molecule has 0 N–H and O–H groups in total. The molecule has 2 aromatic rings. The molecule has 0 bridgehead atoms. The molecule has 124 valence electrons. The molecule has 0 aliphatic carbocycles. The minimum Gasteiger partial charge on any atom is -0.497 e. The first-order valence-corrected chi connectivity index (χ1v) is 8.53. The summed E-state index contributed by atoms with van der Waals surface area (Å²) in [7, 11) is 3.35. The summed E-state index contributed by atoms with van der Waals surface area (Å²) < 4.78 is 16.4. The van der Waals surface area contributed by atoms with Gasteiger partial charge in [0.2, 0.25) is 0 Å². The fraction of sp³-hybridized carbons (Fsp3) is 0.471. The van der Waals surface area contributed by atoms with Gasteiger partial charge in [0.15, 0.2) is 0 Å². The summed E-state index contributed by atoms with van der Waals surface area (Å²) in [5.74, 6) is 1.63. The van der Waals surface area contributed by atoms with Gasteiger partial charge >= 0.3 is 0 Å². The zero-order valence-corrected chi connectivity index (χ0v) is 14.6. The van der Waals surface area contributed by atoms with E-state index in [1.165, 1.54) is 5.56 Å². The lowest BCUT2D eigenvalue weighted by Gasteiger charge is -2.34. The van der Waals surface area contributed by atoms with E-state index in [0.717, 1.165) is 41.9 Å². The van der Waals surface area contributed by atoms with E-state index in [0.29, 0.717) is 6.61 Å². The number of hydrogen-bond donors (Lipinski definition) is 0. The molecule has 0 radical (unpaired) electrons. The van der Waals surface area contributed by atoms with Crippen molar-refractivity contribution in [3.63, 3.8) is 0 Å². The molecule has 1 saturated heterocycles. The fourth-order valence-electron chi connectivity index (χ4n) is 2.83. The van der Waals surface area contributed by atoms with Crippen LogP contribution in [0.25, 0.3) is 0 Å². The van der Waals surface area contributed by atoms with Gasteiger partial charge in [-0.3, -0.25) is 4.90 Å². The second kappa shape index (κ2) is 7.29. The Labute approximate surface area is 140 Å². The number of aryl methyl sites for hydroxylation is 1. The Hall–Kier alpha value is -1.63. The minimum atomic E-state index is 0.200. The molecule has 23 heavy (non-hydrogen) atoms. The molecule has 0 saturated carbocycles. The van der Waals surface area contributed by atoms with Crippen molar-refractivity contribution >= 4 is 11.3 Å². The zero-order chi connectivity index (χ0) is 16.2. The highest BCUT2D eigenvalue weighted by Crippen LogP contribution is 2.29. The Balaban J connectivity index is 1.82. The molecule has 1 fully saturated rings. The van der Waals surface area contributed by atoms with Gasteiger partial charge in [0.25, 0.3) is 0 Å². The van der Waals surface area contributed by atoms with Crippen molar-refractivity contribution in [2.24, 2.45) is 0 Å². The van der Waals surface area contributed by atoms with Crippen LogP contribution >= 0.6 is 11.3 Å². The fourth-order valence-corrected chi connectivity index (χ4v) is 3.48. The maximum absolute atomic E-state index is 5.68. The van der Waals surface area contributed by atoms with Crippen LogP contribution in [0, 0.1) is 6.92 Å². The summed E-state index contributed by atoms with van der Waals surface area (Å²) in [5.41, 5.74) is 2.27. The van der Waals surface area contributed by atoms with E-state index in [9.17, 15) is 0 Å². The van der Waals surface area contributed by atoms with Crippen LogP contribution in [0.3, 0.4) is 0 Å².